The number of carboxylic acids is 1. The van der Waals surface area contributed by atoms with Gasteiger partial charge in [0.1, 0.15) is 5.41 Å². The van der Waals surface area contributed by atoms with Crippen molar-refractivity contribution in [3.8, 4) is 0 Å². The molecule has 24 heavy (non-hydrogen) atoms. The topological polar surface area (TPSA) is 49.3 Å². The number of carboxylic acid groups (broad SMARTS) is 1. The molecule has 0 radical (unpaired) electrons. The fraction of sp³-hybridized carbons (Fsp3) is 0.381. The molecule has 0 amide bonds. The molecule has 0 aliphatic rings. The van der Waals surface area contributed by atoms with Gasteiger partial charge in [-0.15, -0.1) is 0 Å². The van der Waals surface area contributed by atoms with Crippen LogP contribution < -0.4 is 5.32 Å². The van der Waals surface area contributed by atoms with Gasteiger partial charge in [-0.25, -0.2) is 0 Å². The molecule has 0 saturated heterocycles. The lowest BCUT2D eigenvalue weighted by atomic mass is 9.63. The van der Waals surface area contributed by atoms with Gasteiger partial charge in [0.15, 0.2) is 0 Å². The number of hydrogen-bond donors (Lipinski definition) is 2. The predicted molar refractivity (Wildman–Crippen MR) is 98.2 cm³/mol. The van der Waals surface area contributed by atoms with E-state index >= 15 is 0 Å². The number of hydrogen-bond acceptors (Lipinski definition) is 2. The molecule has 2 rings (SSSR count). The van der Waals surface area contributed by atoms with Gasteiger partial charge >= 0.3 is 5.97 Å². The van der Waals surface area contributed by atoms with Gasteiger partial charge in [-0.05, 0) is 36.6 Å². The fourth-order valence-corrected chi connectivity index (χ4v) is 3.64. The second-order valence-corrected chi connectivity index (χ2v) is 6.09. The van der Waals surface area contributed by atoms with E-state index in [1.54, 1.807) is 0 Å². The number of nitrogens with one attached hydrogen (secondary N) is 1. The summed E-state index contributed by atoms with van der Waals surface area (Å²) in [5.41, 5.74) is 0.686. The van der Waals surface area contributed by atoms with Gasteiger partial charge in [-0.1, -0.05) is 80.9 Å². The molecular weight excluding hydrogens is 298 g/mol. The smallest absolute Gasteiger partial charge is 0.318 e. The van der Waals surface area contributed by atoms with Gasteiger partial charge in [0.05, 0.1) is 0 Å². The third-order valence-electron chi connectivity index (χ3n) is 4.82. The lowest BCUT2D eigenvalue weighted by Gasteiger charge is -2.38. The van der Waals surface area contributed by atoms with Crippen LogP contribution in [0, 0.1) is 5.92 Å². The van der Waals surface area contributed by atoms with Crippen LogP contribution in [0.1, 0.15) is 37.8 Å². The zero-order chi connectivity index (χ0) is 17.4. The molecule has 2 N–H and O–H groups in total. The molecule has 0 aliphatic carbocycles. The molecule has 0 heterocycles. The van der Waals surface area contributed by atoms with Crippen LogP contribution in [0.3, 0.4) is 0 Å². The number of carbonyl (C=O) groups is 1. The van der Waals surface area contributed by atoms with Crippen LogP contribution in [-0.2, 0) is 10.2 Å². The second-order valence-electron chi connectivity index (χ2n) is 6.09. The fourth-order valence-electron chi connectivity index (χ4n) is 3.64. The highest BCUT2D eigenvalue weighted by atomic mass is 16.4. The highest BCUT2D eigenvalue weighted by Gasteiger charge is 2.47. The molecular formula is C21H27NO2. The SMILES string of the molecule is CCNCCC(CC)C(C(=O)O)(c1ccccc1)c1ccccc1. The van der Waals surface area contributed by atoms with Crippen LogP contribution in [0.15, 0.2) is 60.7 Å². The average molecular weight is 325 g/mol. The molecule has 1 atom stereocenters. The van der Waals surface area contributed by atoms with Crippen LogP contribution in [0.5, 0.6) is 0 Å². The van der Waals surface area contributed by atoms with E-state index in [-0.39, 0.29) is 5.92 Å². The second kappa shape index (κ2) is 8.65. The van der Waals surface area contributed by atoms with Crippen molar-refractivity contribution in [1.29, 1.82) is 0 Å². The number of benzene rings is 2. The molecule has 1 unspecified atom stereocenters. The summed E-state index contributed by atoms with van der Waals surface area (Å²) in [6.45, 7) is 5.87. The van der Waals surface area contributed by atoms with Crippen LogP contribution in [0.4, 0.5) is 0 Å². The van der Waals surface area contributed by atoms with E-state index in [9.17, 15) is 9.90 Å². The summed E-state index contributed by atoms with van der Waals surface area (Å²) >= 11 is 0. The first kappa shape index (κ1) is 18.2. The van der Waals surface area contributed by atoms with Crippen molar-refractivity contribution < 1.29 is 9.90 Å². The monoisotopic (exact) mass is 325 g/mol. The largest absolute Gasteiger partial charge is 0.480 e. The Bertz CT molecular complexity index is 585. The minimum absolute atomic E-state index is 0.0128. The van der Waals surface area contributed by atoms with Crippen molar-refractivity contribution >= 4 is 5.97 Å². The molecule has 0 aromatic heterocycles. The van der Waals surface area contributed by atoms with Gasteiger partial charge in [0, 0.05) is 0 Å². The first-order valence-corrected chi connectivity index (χ1v) is 8.73. The van der Waals surface area contributed by atoms with Gasteiger partial charge in [-0.3, -0.25) is 4.79 Å². The maximum absolute atomic E-state index is 12.6. The van der Waals surface area contributed by atoms with E-state index in [4.69, 9.17) is 0 Å². The number of rotatable bonds is 9. The molecule has 3 heteroatoms. The third kappa shape index (κ3) is 3.51. The van der Waals surface area contributed by atoms with Crippen molar-refractivity contribution in [1.82, 2.24) is 5.32 Å². The summed E-state index contributed by atoms with van der Waals surface area (Å²) in [4.78, 5) is 12.6. The van der Waals surface area contributed by atoms with Crippen molar-refractivity contribution in [3.05, 3.63) is 71.8 Å². The molecule has 0 saturated carbocycles. The van der Waals surface area contributed by atoms with Crippen molar-refractivity contribution in [3.63, 3.8) is 0 Å². The lowest BCUT2D eigenvalue weighted by molar-refractivity contribution is -0.144. The summed E-state index contributed by atoms with van der Waals surface area (Å²) in [5.74, 6) is -0.762. The highest BCUT2D eigenvalue weighted by molar-refractivity contribution is 5.86. The van der Waals surface area contributed by atoms with E-state index in [1.165, 1.54) is 0 Å². The zero-order valence-electron chi connectivity index (χ0n) is 14.5. The first-order valence-electron chi connectivity index (χ1n) is 8.73. The maximum atomic E-state index is 12.6. The van der Waals surface area contributed by atoms with Crippen LogP contribution in [0.25, 0.3) is 0 Å². The van der Waals surface area contributed by atoms with E-state index in [2.05, 4.69) is 19.2 Å². The molecule has 0 aliphatic heterocycles. The molecule has 3 nitrogen and oxygen atoms in total. The molecule has 2 aromatic carbocycles. The molecule has 0 bridgehead atoms. The third-order valence-corrected chi connectivity index (χ3v) is 4.82. The van der Waals surface area contributed by atoms with Crippen LogP contribution in [0.2, 0.25) is 0 Å². The molecule has 2 aromatic rings. The highest BCUT2D eigenvalue weighted by Crippen LogP contribution is 2.42. The molecule has 0 fully saturated rings. The van der Waals surface area contributed by atoms with Crippen molar-refractivity contribution in [2.24, 2.45) is 5.92 Å². The Kier molecular flexibility index (Phi) is 6.56. The number of aliphatic carboxylic acids is 1. The first-order chi connectivity index (χ1) is 11.7. The van der Waals surface area contributed by atoms with E-state index in [0.717, 1.165) is 37.1 Å². The van der Waals surface area contributed by atoms with Crippen molar-refractivity contribution in [2.45, 2.75) is 32.1 Å². The van der Waals surface area contributed by atoms with Gasteiger partial charge in [-0.2, -0.15) is 0 Å². The Morgan fingerprint density at radius 2 is 1.50 bits per heavy atom. The minimum atomic E-state index is -1.02. The Morgan fingerprint density at radius 1 is 1.00 bits per heavy atom. The minimum Gasteiger partial charge on any atom is -0.480 e. The quantitative estimate of drug-likeness (QED) is 0.683. The molecule has 0 spiro atoms. The van der Waals surface area contributed by atoms with Gasteiger partial charge < -0.3 is 10.4 Å². The standard InChI is InChI=1S/C21H27NO2/c1-3-17(15-16-22-4-2)21(20(23)24,18-11-7-5-8-12-18)19-13-9-6-10-14-19/h5-14,17,22H,3-4,15-16H2,1-2H3,(H,23,24). The summed E-state index contributed by atoms with van der Waals surface area (Å²) in [5, 5.41) is 13.7. The van der Waals surface area contributed by atoms with E-state index in [0.29, 0.717) is 0 Å². The van der Waals surface area contributed by atoms with Crippen molar-refractivity contribution in [2.75, 3.05) is 13.1 Å². The Hall–Kier alpha value is -2.13. The van der Waals surface area contributed by atoms with Gasteiger partial charge in [0.25, 0.3) is 0 Å². The molecule has 128 valence electrons. The lowest BCUT2D eigenvalue weighted by Crippen LogP contribution is -2.45. The predicted octanol–water partition coefficient (Wildman–Crippen LogP) is 4.08. The summed E-state index contributed by atoms with van der Waals surface area (Å²) in [6, 6.07) is 19.3. The summed E-state index contributed by atoms with van der Waals surface area (Å²) < 4.78 is 0. The zero-order valence-corrected chi connectivity index (χ0v) is 14.5. The maximum Gasteiger partial charge on any atom is 0.318 e. The Labute approximate surface area is 144 Å². The van der Waals surface area contributed by atoms with E-state index in [1.807, 2.05) is 60.7 Å². The van der Waals surface area contributed by atoms with Crippen LogP contribution in [-0.4, -0.2) is 24.2 Å². The summed E-state index contributed by atoms with van der Waals surface area (Å²) in [6.07, 6.45) is 1.63. The Morgan fingerprint density at radius 3 is 1.88 bits per heavy atom. The normalized spacial score (nSPS) is 12.8. The van der Waals surface area contributed by atoms with E-state index < -0.39 is 11.4 Å². The average Bonchev–Trinajstić information content (AvgIpc) is 2.62. The van der Waals surface area contributed by atoms with Crippen LogP contribution >= 0.6 is 0 Å². The summed E-state index contributed by atoms with van der Waals surface area (Å²) in [7, 11) is 0. The van der Waals surface area contributed by atoms with Gasteiger partial charge in [0.2, 0.25) is 0 Å². The Balaban J connectivity index is 2.60.